The van der Waals surface area contributed by atoms with Crippen molar-refractivity contribution in [3.63, 3.8) is 0 Å². The number of urea groups is 1. The summed E-state index contributed by atoms with van der Waals surface area (Å²) in [6, 6.07) is 12.0. The topological polar surface area (TPSA) is 99.8 Å². The van der Waals surface area contributed by atoms with Gasteiger partial charge in [-0.15, -0.1) is 0 Å². The molecule has 1 saturated heterocycles. The van der Waals surface area contributed by atoms with Crippen LogP contribution in [0.3, 0.4) is 0 Å². The molecule has 1 atom stereocenters. The molecular formula is C24H29FN4O4. The monoisotopic (exact) mass is 456 g/mol. The highest BCUT2D eigenvalue weighted by molar-refractivity contribution is 5.90. The largest absolute Gasteiger partial charge is 0.497 e. The van der Waals surface area contributed by atoms with Gasteiger partial charge in [0.2, 0.25) is 11.8 Å². The standard InChI is InChI=1S/C24H29FN4O4/c1-16(30)26-22(14-17-6-3-4-9-21(17)25)23(31)27-18-10-12-29(13-11-18)24(32)28-19-7-5-8-20(15-19)33-2/h3-9,15,18,22H,10-14H2,1-2H3,(H,26,30)(H,27,31)(H,28,32)/t22-/m1/s1. The summed E-state index contributed by atoms with van der Waals surface area (Å²) < 4.78 is 19.2. The third kappa shape index (κ3) is 6.93. The van der Waals surface area contributed by atoms with Crippen molar-refractivity contribution in [2.75, 3.05) is 25.5 Å². The smallest absolute Gasteiger partial charge is 0.321 e. The zero-order valence-corrected chi connectivity index (χ0v) is 18.8. The summed E-state index contributed by atoms with van der Waals surface area (Å²) in [5.41, 5.74) is 0.997. The molecule has 4 amide bonds. The van der Waals surface area contributed by atoms with Gasteiger partial charge in [0, 0.05) is 44.2 Å². The zero-order valence-electron chi connectivity index (χ0n) is 18.8. The fraction of sp³-hybridized carbons (Fsp3) is 0.375. The maximum atomic E-state index is 14.0. The summed E-state index contributed by atoms with van der Waals surface area (Å²) in [4.78, 5) is 38.7. The number of anilines is 1. The van der Waals surface area contributed by atoms with Gasteiger partial charge in [-0.05, 0) is 36.6 Å². The van der Waals surface area contributed by atoms with Gasteiger partial charge in [0.05, 0.1) is 7.11 Å². The molecule has 0 aliphatic carbocycles. The number of piperidine rings is 1. The number of carbonyl (C=O) groups is 3. The van der Waals surface area contributed by atoms with Crippen LogP contribution in [0, 0.1) is 5.82 Å². The molecule has 0 radical (unpaired) electrons. The molecule has 3 N–H and O–H groups in total. The van der Waals surface area contributed by atoms with Crippen molar-refractivity contribution in [1.82, 2.24) is 15.5 Å². The van der Waals surface area contributed by atoms with Crippen LogP contribution in [0.5, 0.6) is 5.75 Å². The zero-order chi connectivity index (χ0) is 23.8. The van der Waals surface area contributed by atoms with E-state index in [4.69, 9.17) is 4.74 Å². The van der Waals surface area contributed by atoms with E-state index in [9.17, 15) is 18.8 Å². The van der Waals surface area contributed by atoms with E-state index in [2.05, 4.69) is 16.0 Å². The predicted octanol–water partition coefficient (Wildman–Crippen LogP) is 2.69. The molecule has 1 fully saturated rings. The number of ether oxygens (including phenoxy) is 1. The number of halogens is 1. The van der Waals surface area contributed by atoms with Crippen LogP contribution in [-0.2, 0) is 16.0 Å². The van der Waals surface area contributed by atoms with Gasteiger partial charge < -0.3 is 25.6 Å². The van der Waals surface area contributed by atoms with E-state index in [1.165, 1.54) is 13.0 Å². The molecule has 2 aromatic carbocycles. The third-order valence-electron chi connectivity index (χ3n) is 5.53. The first-order valence-corrected chi connectivity index (χ1v) is 10.9. The van der Waals surface area contributed by atoms with Crippen LogP contribution in [0.2, 0.25) is 0 Å². The summed E-state index contributed by atoms with van der Waals surface area (Å²) in [6.07, 6.45) is 1.20. The van der Waals surface area contributed by atoms with Crippen LogP contribution >= 0.6 is 0 Å². The van der Waals surface area contributed by atoms with Crippen molar-refractivity contribution in [1.29, 1.82) is 0 Å². The highest BCUT2D eigenvalue weighted by Crippen LogP contribution is 2.18. The van der Waals surface area contributed by atoms with Crippen molar-refractivity contribution in [3.8, 4) is 5.75 Å². The molecule has 3 rings (SSSR count). The van der Waals surface area contributed by atoms with Crippen LogP contribution in [0.15, 0.2) is 48.5 Å². The second-order valence-corrected chi connectivity index (χ2v) is 7.98. The molecular weight excluding hydrogens is 427 g/mol. The lowest BCUT2D eigenvalue weighted by atomic mass is 10.0. The summed E-state index contributed by atoms with van der Waals surface area (Å²) in [5.74, 6) is -0.502. The number of hydrogen-bond donors (Lipinski definition) is 3. The molecule has 0 unspecified atom stereocenters. The molecule has 1 aliphatic heterocycles. The van der Waals surface area contributed by atoms with Gasteiger partial charge in [-0.3, -0.25) is 9.59 Å². The Morgan fingerprint density at radius 3 is 2.52 bits per heavy atom. The van der Waals surface area contributed by atoms with Crippen molar-refractivity contribution >= 4 is 23.5 Å². The molecule has 0 saturated carbocycles. The highest BCUT2D eigenvalue weighted by Gasteiger charge is 2.27. The summed E-state index contributed by atoms with van der Waals surface area (Å²) in [6.45, 7) is 2.26. The Hall–Kier alpha value is -3.62. The van der Waals surface area contributed by atoms with Gasteiger partial charge in [0.25, 0.3) is 0 Å². The molecule has 0 aromatic heterocycles. The van der Waals surface area contributed by atoms with E-state index < -0.39 is 11.9 Å². The fourth-order valence-electron chi connectivity index (χ4n) is 3.77. The Kier molecular flexibility index (Phi) is 8.23. The first-order chi connectivity index (χ1) is 15.9. The highest BCUT2D eigenvalue weighted by atomic mass is 19.1. The number of likely N-dealkylation sites (tertiary alicyclic amines) is 1. The van der Waals surface area contributed by atoms with Crippen molar-refractivity contribution in [2.45, 2.75) is 38.3 Å². The quantitative estimate of drug-likeness (QED) is 0.597. The van der Waals surface area contributed by atoms with Gasteiger partial charge >= 0.3 is 6.03 Å². The number of rotatable bonds is 7. The Balaban J connectivity index is 1.52. The van der Waals surface area contributed by atoms with Crippen LogP contribution in [0.25, 0.3) is 0 Å². The molecule has 8 nitrogen and oxygen atoms in total. The maximum absolute atomic E-state index is 14.0. The van der Waals surface area contributed by atoms with E-state index in [0.717, 1.165) is 0 Å². The van der Waals surface area contributed by atoms with Crippen molar-refractivity contribution in [3.05, 3.63) is 59.9 Å². The van der Waals surface area contributed by atoms with Crippen molar-refractivity contribution < 1.29 is 23.5 Å². The Bertz CT molecular complexity index is 992. The fourth-order valence-corrected chi connectivity index (χ4v) is 3.77. The van der Waals surface area contributed by atoms with Gasteiger partial charge in [-0.2, -0.15) is 0 Å². The van der Waals surface area contributed by atoms with E-state index in [1.54, 1.807) is 54.5 Å². The molecule has 33 heavy (non-hydrogen) atoms. The number of nitrogens with zero attached hydrogens (tertiary/aromatic N) is 1. The van der Waals surface area contributed by atoms with Crippen molar-refractivity contribution in [2.24, 2.45) is 0 Å². The van der Waals surface area contributed by atoms with Crippen LogP contribution in [0.4, 0.5) is 14.9 Å². The summed E-state index contributed by atoms with van der Waals surface area (Å²) >= 11 is 0. The number of nitrogens with one attached hydrogen (secondary N) is 3. The van der Waals surface area contributed by atoms with Gasteiger partial charge in [-0.1, -0.05) is 24.3 Å². The minimum atomic E-state index is -0.881. The second-order valence-electron chi connectivity index (χ2n) is 7.98. The number of methoxy groups -OCH3 is 1. The molecule has 176 valence electrons. The summed E-state index contributed by atoms with van der Waals surface area (Å²) in [7, 11) is 1.56. The summed E-state index contributed by atoms with van der Waals surface area (Å²) in [5, 5.41) is 8.39. The van der Waals surface area contributed by atoms with E-state index in [-0.39, 0.29) is 30.3 Å². The van der Waals surface area contributed by atoms with Crippen LogP contribution < -0.4 is 20.7 Å². The Labute approximate surface area is 192 Å². The molecule has 0 spiro atoms. The minimum Gasteiger partial charge on any atom is -0.497 e. The lowest BCUT2D eigenvalue weighted by Crippen LogP contribution is -2.53. The number of amides is 4. The van der Waals surface area contributed by atoms with Gasteiger partial charge in [0.15, 0.2) is 0 Å². The van der Waals surface area contributed by atoms with Crippen LogP contribution in [-0.4, -0.2) is 55.0 Å². The molecule has 0 bridgehead atoms. The lowest BCUT2D eigenvalue weighted by Gasteiger charge is -2.33. The second kappa shape index (κ2) is 11.3. The average molecular weight is 457 g/mol. The van der Waals surface area contributed by atoms with E-state index in [0.29, 0.717) is 42.9 Å². The first-order valence-electron chi connectivity index (χ1n) is 10.9. The van der Waals surface area contributed by atoms with E-state index >= 15 is 0 Å². The van der Waals surface area contributed by atoms with E-state index in [1.807, 2.05) is 0 Å². The predicted molar refractivity (Wildman–Crippen MR) is 122 cm³/mol. The molecule has 9 heteroatoms. The SMILES string of the molecule is COc1cccc(NC(=O)N2CCC(NC(=O)[C@@H](Cc3ccccc3F)NC(C)=O)CC2)c1. The number of carbonyl (C=O) groups excluding carboxylic acids is 3. The van der Waals surface area contributed by atoms with Crippen LogP contribution in [0.1, 0.15) is 25.3 Å². The average Bonchev–Trinajstić information content (AvgIpc) is 2.80. The Morgan fingerprint density at radius 2 is 1.85 bits per heavy atom. The first kappa shape index (κ1) is 24.0. The molecule has 1 heterocycles. The lowest BCUT2D eigenvalue weighted by molar-refractivity contribution is -0.128. The maximum Gasteiger partial charge on any atom is 0.321 e. The Morgan fingerprint density at radius 1 is 1.12 bits per heavy atom. The third-order valence-corrected chi connectivity index (χ3v) is 5.53. The van der Waals surface area contributed by atoms with Gasteiger partial charge in [0.1, 0.15) is 17.6 Å². The normalized spacial score (nSPS) is 14.8. The molecule has 1 aliphatic rings. The van der Waals surface area contributed by atoms with Gasteiger partial charge in [-0.25, -0.2) is 9.18 Å². The minimum absolute atomic E-state index is 0.0554. The number of hydrogen-bond acceptors (Lipinski definition) is 4. The number of benzene rings is 2. The molecule has 2 aromatic rings.